The van der Waals surface area contributed by atoms with Gasteiger partial charge in [-0.25, -0.2) is 5.43 Å². The number of benzene rings is 2. The lowest BCUT2D eigenvalue weighted by atomic mass is 10.2. The number of carbonyl (C=O) groups is 1. The third-order valence-corrected chi connectivity index (χ3v) is 3.11. The van der Waals surface area contributed by atoms with Crippen molar-refractivity contribution in [2.24, 2.45) is 5.10 Å². The molecule has 0 aliphatic heterocycles. The summed E-state index contributed by atoms with van der Waals surface area (Å²) in [5.41, 5.74) is 3.69. The van der Waals surface area contributed by atoms with Crippen LogP contribution >= 0.6 is 23.2 Å². The predicted molar refractivity (Wildman–Crippen MR) is 87.7 cm³/mol. The normalized spacial score (nSPS) is 11.6. The molecule has 0 aliphatic carbocycles. The molecule has 0 radical (unpaired) electrons. The number of allylic oxidation sites excluding steroid dienone is 1. The van der Waals surface area contributed by atoms with Crippen LogP contribution in [0.4, 0.5) is 0 Å². The molecule has 3 nitrogen and oxygen atoms in total. The summed E-state index contributed by atoms with van der Waals surface area (Å²) in [6.07, 6.45) is 3.11. The van der Waals surface area contributed by atoms with E-state index in [1.807, 2.05) is 30.3 Å². The van der Waals surface area contributed by atoms with Crippen molar-refractivity contribution in [1.82, 2.24) is 5.43 Å². The molecular formula is C16H12Cl2N2O. The van der Waals surface area contributed by atoms with Crippen molar-refractivity contribution < 1.29 is 4.79 Å². The van der Waals surface area contributed by atoms with E-state index in [0.717, 1.165) is 5.56 Å². The number of carbonyl (C=O) groups excluding carboxylic acids is 1. The fourth-order valence-corrected chi connectivity index (χ4v) is 2.00. The molecule has 0 saturated heterocycles. The van der Waals surface area contributed by atoms with Gasteiger partial charge in [-0.3, -0.25) is 4.79 Å². The summed E-state index contributed by atoms with van der Waals surface area (Å²) in [7, 11) is 0. The maximum atomic E-state index is 11.8. The summed E-state index contributed by atoms with van der Waals surface area (Å²) >= 11 is 11.9. The minimum Gasteiger partial charge on any atom is -0.267 e. The molecule has 0 saturated carbocycles. The Bertz CT molecular complexity index is 682. The first-order valence-electron chi connectivity index (χ1n) is 6.17. The predicted octanol–water partition coefficient (Wildman–Crippen LogP) is 4.34. The summed E-state index contributed by atoms with van der Waals surface area (Å²) in [5, 5.41) is 4.58. The number of nitrogens with one attached hydrogen (secondary N) is 1. The van der Waals surface area contributed by atoms with Gasteiger partial charge in [0.15, 0.2) is 0 Å². The highest BCUT2D eigenvalue weighted by Gasteiger charge is 2.07. The molecule has 0 atom stereocenters. The van der Waals surface area contributed by atoms with Crippen LogP contribution in [0.3, 0.4) is 0 Å². The van der Waals surface area contributed by atoms with Crippen molar-refractivity contribution in [3.05, 3.63) is 75.8 Å². The monoisotopic (exact) mass is 318 g/mol. The van der Waals surface area contributed by atoms with E-state index in [-0.39, 0.29) is 5.91 Å². The van der Waals surface area contributed by atoms with Crippen molar-refractivity contribution in [2.45, 2.75) is 0 Å². The lowest BCUT2D eigenvalue weighted by Crippen LogP contribution is -2.17. The fraction of sp³-hybridized carbons (Fsp3) is 0. The summed E-state index contributed by atoms with van der Waals surface area (Å²) in [5.74, 6) is -0.388. The van der Waals surface area contributed by atoms with Crippen LogP contribution in [0.5, 0.6) is 0 Å². The van der Waals surface area contributed by atoms with Gasteiger partial charge in [0.25, 0.3) is 5.91 Å². The van der Waals surface area contributed by atoms with Crippen LogP contribution in [0.2, 0.25) is 5.02 Å². The Morgan fingerprint density at radius 3 is 2.43 bits per heavy atom. The molecule has 2 aromatic rings. The van der Waals surface area contributed by atoms with Crippen LogP contribution in [0.15, 0.2) is 64.7 Å². The van der Waals surface area contributed by atoms with Gasteiger partial charge in [0.2, 0.25) is 0 Å². The minimum absolute atomic E-state index is 0.361. The standard InChI is InChI=1S/C16H12Cl2N2O/c17-13(10-12-6-2-1-3-7-12)11-19-20-16(21)14-8-4-5-9-15(14)18/h1-11H,(H,20,21). The molecule has 0 fully saturated rings. The van der Waals surface area contributed by atoms with E-state index in [0.29, 0.717) is 15.6 Å². The second-order valence-electron chi connectivity index (χ2n) is 4.12. The highest BCUT2D eigenvalue weighted by molar-refractivity contribution is 6.41. The van der Waals surface area contributed by atoms with Crippen molar-refractivity contribution in [1.29, 1.82) is 0 Å². The Morgan fingerprint density at radius 1 is 1.05 bits per heavy atom. The van der Waals surface area contributed by atoms with Crippen molar-refractivity contribution in [2.75, 3.05) is 0 Å². The number of hydrogen-bond acceptors (Lipinski definition) is 2. The Labute approximate surface area is 132 Å². The van der Waals surface area contributed by atoms with Gasteiger partial charge in [0.1, 0.15) is 0 Å². The maximum absolute atomic E-state index is 11.8. The van der Waals surface area contributed by atoms with Crippen LogP contribution in [-0.4, -0.2) is 12.1 Å². The average molecular weight is 319 g/mol. The fourth-order valence-electron chi connectivity index (χ4n) is 1.60. The lowest BCUT2D eigenvalue weighted by molar-refractivity contribution is 0.0955. The van der Waals surface area contributed by atoms with Gasteiger partial charge in [0, 0.05) is 0 Å². The van der Waals surface area contributed by atoms with Crippen LogP contribution in [0.25, 0.3) is 6.08 Å². The minimum atomic E-state index is -0.388. The van der Waals surface area contributed by atoms with Gasteiger partial charge in [-0.05, 0) is 23.8 Å². The SMILES string of the molecule is O=C(NN=CC(Cl)=Cc1ccccc1)c1ccccc1Cl. The number of hydrogen-bond donors (Lipinski definition) is 1. The zero-order valence-corrected chi connectivity index (χ0v) is 12.5. The third kappa shape index (κ3) is 4.74. The molecule has 1 amide bonds. The van der Waals surface area contributed by atoms with Crippen LogP contribution in [0, 0.1) is 0 Å². The molecule has 0 aliphatic rings. The highest BCUT2D eigenvalue weighted by atomic mass is 35.5. The molecule has 2 aromatic carbocycles. The first-order chi connectivity index (χ1) is 10.2. The molecule has 106 valence electrons. The molecule has 0 heterocycles. The van der Waals surface area contributed by atoms with E-state index >= 15 is 0 Å². The number of rotatable bonds is 4. The molecule has 0 aromatic heterocycles. The zero-order chi connectivity index (χ0) is 15.1. The van der Waals surface area contributed by atoms with E-state index in [4.69, 9.17) is 23.2 Å². The van der Waals surface area contributed by atoms with Gasteiger partial charge < -0.3 is 0 Å². The quantitative estimate of drug-likeness (QED) is 0.661. The van der Waals surface area contributed by atoms with Crippen molar-refractivity contribution in [3.8, 4) is 0 Å². The average Bonchev–Trinajstić information content (AvgIpc) is 2.48. The number of amides is 1. The van der Waals surface area contributed by atoms with Crippen LogP contribution < -0.4 is 5.43 Å². The molecule has 21 heavy (non-hydrogen) atoms. The topological polar surface area (TPSA) is 41.5 Å². The van der Waals surface area contributed by atoms with Crippen molar-refractivity contribution in [3.63, 3.8) is 0 Å². The first-order valence-corrected chi connectivity index (χ1v) is 6.92. The van der Waals surface area contributed by atoms with E-state index in [2.05, 4.69) is 10.5 Å². The largest absolute Gasteiger partial charge is 0.272 e. The summed E-state index contributed by atoms with van der Waals surface area (Å²) < 4.78 is 0. The molecule has 2 rings (SSSR count). The van der Waals surface area contributed by atoms with Gasteiger partial charge in [-0.2, -0.15) is 5.10 Å². The van der Waals surface area contributed by atoms with E-state index < -0.39 is 0 Å². The molecule has 0 spiro atoms. The Kier molecular flexibility index (Phi) is 5.55. The molecule has 0 unspecified atom stereocenters. The molecular weight excluding hydrogens is 307 g/mol. The second-order valence-corrected chi connectivity index (χ2v) is 4.96. The Hall–Kier alpha value is -2.10. The number of halogens is 2. The van der Waals surface area contributed by atoms with E-state index in [9.17, 15) is 4.79 Å². The van der Waals surface area contributed by atoms with E-state index in [1.165, 1.54) is 6.21 Å². The third-order valence-electron chi connectivity index (χ3n) is 2.58. The number of nitrogens with zero attached hydrogens (tertiary/aromatic N) is 1. The summed E-state index contributed by atoms with van der Waals surface area (Å²) in [4.78, 5) is 11.8. The maximum Gasteiger partial charge on any atom is 0.272 e. The Balaban J connectivity index is 1.98. The van der Waals surface area contributed by atoms with E-state index in [1.54, 1.807) is 30.3 Å². The van der Waals surface area contributed by atoms with Gasteiger partial charge >= 0.3 is 0 Å². The van der Waals surface area contributed by atoms with Crippen LogP contribution in [0.1, 0.15) is 15.9 Å². The highest BCUT2D eigenvalue weighted by Crippen LogP contribution is 2.14. The Morgan fingerprint density at radius 2 is 1.71 bits per heavy atom. The number of hydrazone groups is 1. The summed E-state index contributed by atoms with van der Waals surface area (Å²) in [6, 6.07) is 16.3. The molecule has 0 bridgehead atoms. The van der Waals surface area contributed by atoms with Gasteiger partial charge in [-0.15, -0.1) is 0 Å². The van der Waals surface area contributed by atoms with Crippen LogP contribution in [-0.2, 0) is 0 Å². The molecule has 1 N–H and O–H groups in total. The van der Waals surface area contributed by atoms with Crippen molar-refractivity contribution >= 4 is 41.4 Å². The zero-order valence-electron chi connectivity index (χ0n) is 11.0. The first kappa shape index (κ1) is 15.3. The summed E-state index contributed by atoms with van der Waals surface area (Å²) in [6.45, 7) is 0. The smallest absolute Gasteiger partial charge is 0.267 e. The van der Waals surface area contributed by atoms with Gasteiger partial charge in [0.05, 0.1) is 21.8 Å². The van der Waals surface area contributed by atoms with Gasteiger partial charge in [-0.1, -0.05) is 65.7 Å². The lowest BCUT2D eigenvalue weighted by Gasteiger charge is -2.01. The molecule has 5 heteroatoms. The second kappa shape index (κ2) is 7.62.